The molecule has 0 aliphatic heterocycles. The molecular formula is C20H24N4O. The second-order valence-electron chi connectivity index (χ2n) is 7.99. The summed E-state index contributed by atoms with van der Waals surface area (Å²) in [5.74, 6) is 1.20. The summed E-state index contributed by atoms with van der Waals surface area (Å²) in [5.41, 5.74) is 4.41. The number of fused-ring (bicyclic) bond motifs is 2. The van der Waals surface area contributed by atoms with E-state index in [1.807, 2.05) is 6.20 Å². The first-order valence-electron chi connectivity index (χ1n) is 9.50. The molecule has 2 unspecified atom stereocenters. The standard InChI is InChI=1S/C20H24N4O/c25-19(13-24-12-18(22-23-24)15-7-8-15)21-11-16-10-20(16)9-3-5-14-4-1-2-6-17(14)20/h1-2,4,6,12,15-16H,3,5,7-11,13H2,(H,21,25). The van der Waals surface area contributed by atoms with Gasteiger partial charge in [-0.25, -0.2) is 4.68 Å². The van der Waals surface area contributed by atoms with Crippen LogP contribution >= 0.6 is 0 Å². The third-order valence-corrected chi connectivity index (χ3v) is 6.26. The Labute approximate surface area is 147 Å². The lowest BCUT2D eigenvalue weighted by Crippen LogP contribution is -2.31. The van der Waals surface area contributed by atoms with Crippen LogP contribution < -0.4 is 5.32 Å². The minimum Gasteiger partial charge on any atom is -0.354 e. The van der Waals surface area contributed by atoms with Crippen molar-refractivity contribution in [2.24, 2.45) is 5.92 Å². The normalized spacial score (nSPS) is 27.1. The van der Waals surface area contributed by atoms with E-state index in [-0.39, 0.29) is 12.5 Å². The summed E-state index contributed by atoms with van der Waals surface area (Å²) >= 11 is 0. The molecule has 1 amide bonds. The fourth-order valence-corrected chi connectivity index (χ4v) is 4.63. The number of carbonyl (C=O) groups excluding carboxylic acids is 1. The zero-order chi connectivity index (χ0) is 16.9. The van der Waals surface area contributed by atoms with Crippen LogP contribution in [-0.2, 0) is 23.2 Å². The van der Waals surface area contributed by atoms with Crippen LogP contribution in [-0.4, -0.2) is 27.4 Å². The van der Waals surface area contributed by atoms with E-state index in [4.69, 9.17) is 0 Å². The molecule has 1 aromatic heterocycles. The Morgan fingerprint density at radius 1 is 1.32 bits per heavy atom. The average Bonchev–Trinajstić information content (AvgIpc) is 3.54. The second kappa shape index (κ2) is 5.68. The van der Waals surface area contributed by atoms with Gasteiger partial charge in [-0.15, -0.1) is 5.10 Å². The number of nitrogens with one attached hydrogen (secondary N) is 1. The molecule has 1 spiro atoms. The highest BCUT2D eigenvalue weighted by Crippen LogP contribution is 2.59. The summed E-state index contributed by atoms with van der Waals surface area (Å²) in [6.07, 6.45) is 9.27. The number of carbonyl (C=O) groups is 1. The SMILES string of the molecule is O=C(Cn1cc(C2CC2)nn1)NCC1CC12CCCc1ccccc12. The van der Waals surface area contributed by atoms with E-state index in [2.05, 4.69) is 39.9 Å². The topological polar surface area (TPSA) is 59.8 Å². The van der Waals surface area contributed by atoms with Crippen molar-refractivity contribution in [3.8, 4) is 0 Å². The molecule has 1 N–H and O–H groups in total. The van der Waals surface area contributed by atoms with Gasteiger partial charge in [0.2, 0.25) is 5.91 Å². The van der Waals surface area contributed by atoms with E-state index in [1.165, 1.54) is 49.7 Å². The fourth-order valence-electron chi connectivity index (χ4n) is 4.63. The van der Waals surface area contributed by atoms with Crippen LogP contribution in [0.4, 0.5) is 0 Å². The van der Waals surface area contributed by atoms with E-state index >= 15 is 0 Å². The van der Waals surface area contributed by atoms with Crippen LogP contribution in [0.15, 0.2) is 30.5 Å². The first kappa shape index (κ1) is 15.1. The first-order valence-corrected chi connectivity index (χ1v) is 9.50. The predicted molar refractivity (Wildman–Crippen MR) is 94.2 cm³/mol. The molecule has 5 rings (SSSR count). The Kier molecular flexibility index (Phi) is 3.43. The van der Waals surface area contributed by atoms with Gasteiger partial charge in [0.1, 0.15) is 6.54 Å². The maximum atomic E-state index is 12.3. The number of benzene rings is 1. The van der Waals surface area contributed by atoms with E-state index < -0.39 is 0 Å². The number of nitrogens with zero attached hydrogens (tertiary/aromatic N) is 3. The van der Waals surface area contributed by atoms with Gasteiger partial charge in [0, 0.05) is 24.1 Å². The highest BCUT2D eigenvalue weighted by Gasteiger charge is 2.56. The minimum atomic E-state index is 0.0402. The lowest BCUT2D eigenvalue weighted by Gasteiger charge is -2.26. The number of aryl methyl sites for hydroxylation is 1. The molecule has 5 heteroatoms. The zero-order valence-electron chi connectivity index (χ0n) is 14.4. The Morgan fingerprint density at radius 3 is 3.08 bits per heavy atom. The van der Waals surface area contributed by atoms with E-state index in [0.29, 0.717) is 17.3 Å². The Bertz CT molecular complexity index is 810. The molecule has 130 valence electrons. The van der Waals surface area contributed by atoms with Gasteiger partial charge >= 0.3 is 0 Å². The van der Waals surface area contributed by atoms with Crippen molar-refractivity contribution in [2.45, 2.75) is 56.4 Å². The lowest BCUT2D eigenvalue weighted by atomic mass is 9.78. The first-order chi connectivity index (χ1) is 12.2. The molecule has 3 aliphatic carbocycles. The largest absolute Gasteiger partial charge is 0.354 e. The van der Waals surface area contributed by atoms with Crippen LogP contribution in [0.3, 0.4) is 0 Å². The third-order valence-electron chi connectivity index (χ3n) is 6.26. The Hall–Kier alpha value is -2.17. The summed E-state index contributed by atoms with van der Waals surface area (Å²) in [4.78, 5) is 12.3. The number of hydrogen-bond acceptors (Lipinski definition) is 3. The third kappa shape index (κ3) is 2.75. The van der Waals surface area contributed by atoms with Gasteiger partial charge in [0.15, 0.2) is 0 Å². The van der Waals surface area contributed by atoms with E-state index in [9.17, 15) is 4.79 Å². The van der Waals surface area contributed by atoms with Crippen molar-refractivity contribution in [3.63, 3.8) is 0 Å². The molecule has 0 saturated heterocycles. The van der Waals surface area contributed by atoms with Crippen molar-refractivity contribution in [3.05, 3.63) is 47.3 Å². The molecule has 1 aromatic carbocycles. The highest BCUT2D eigenvalue weighted by molar-refractivity contribution is 5.75. The smallest absolute Gasteiger partial charge is 0.241 e. The number of aromatic nitrogens is 3. The van der Waals surface area contributed by atoms with Gasteiger partial charge in [-0.3, -0.25) is 4.79 Å². The van der Waals surface area contributed by atoms with Crippen molar-refractivity contribution in [2.75, 3.05) is 6.54 Å². The van der Waals surface area contributed by atoms with Crippen molar-refractivity contribution in [1.29, 1.82) is 0 Å². The van der Waals surface area contributed by atoms with Crippen molar-refractivity contribution < 1.29 is 4.79 Å². The van der Waals surface area contributed by atoms with E-state index in [0.717, 1.165) is 12.2 Å². The maximum Gasteiger partial charge on any atom is 0.241 e. The Morgan fingerprint density at radius 2 is 2.20 bits per heavy atom. The van der Waals surface area contributed by atoms with Gasteiger partial charge in [0.25, 0.3) is 0 Å². The molecule has 5 nitrogen and oxygen atoms in total. The molecule has 1 heterocycles. The molecule has 0 bridgehead atoms. The molecule has 25 heavy (non-hydrogen) atoms. The Balaban J connectivity index is 1.18. The van der Waals surface area contributed by atoms with Gasteiger partial charge in [-0.2, -0.15) is 0 Å². The number of rotatable bonds is 5. The van der Waals surface area contributed by atoms with Crippen LogP contribution in [0, 0.1) is 5.92 Å². The molecule has 2 aromatic rings. The lowest BCUT2D eigenvalue weighted by molar-refractivity contribution is -0.121. The minimum absolute atomic E-state index is 0.0402. The molecule has 2 atom stereocenters. The quantitative estimate of drug-likeness (QED) is 0.913. The monoisotopic (exact) mass is 336 g/mol. The maximum absolute atomic E-state index is 12.3. The molecule has 2 saturated carbocycles. The summed E-state index contributed by atoms with van der Waals surface area (Å²) in [5, 5.41) is 11.4. The fraction of sp³-hybridized carbons (Fsp3) is 0.550. The van der Waals surface area contributed by atoms with E-state index in [1.54, 1.807) is 4.68 Å². The van der Waals surface area contributed by atoms with Gasteiger partial charge in [-0.1, -0.05) is 29.5 Å². The van der Waals surface area contributed by atoms with Gasteiger partial charge in [0.05, 0.1) is 5.69 Å². The molecule has 0 radical (unpaired) electrons. The second-order valence-corrected chi connectivity index (χ2v) is 7.99. The summed E-state index contributed by atoms with van der Waals surface area (Å²) in [7, 11) is 0. The van der Waals surface area contributed by atoms with Crippen LogP contribution in [0.5, 0.6) is 0 Å². The zero-order valence-corrected chi connectivity index (χ0v) is 14.4. The molecule has 3 aliphatic rings. The predicted octanol–water partition coefficient (Wildman–Crippen LogP) is 2.57. The van der Waals surface area contributed by atoms with Crippen LogP contribution in [0.1, 0.15) is 54.8 Å². The van der Waals surface area contributed by atoms with Crippen LogP contribution in [0.25, 0.3) is 0 Å². The summed E-state index contributed by atoms with van der Waals surface area (Å²) in [6, 6.07) is 8.87. The average molecular weight is 336 g/mol. The highest BCUT2D eigenvalue weighted by atomic mass is 16.2. The number of amides is 1. The van der Waals surface area contributed by atoms with Crippen LogP contribution in [0.2, 0.25) is 0 Å². The van der Waals surface area contributed by atoms with Crippen molar-refractivity contribution in [1.82, 2.24) is 20.3 Å². The summed E-state index contributed by atoms with van der Waals surface area (Å²) < 4.78 is 1.67. The van der Waals surface area contributed by atoms with Crippen molar-refractivity contribution >= 4 is 5.91 Å². The molecular weight excluding hydrogens is 312 g/mol. The number of hydrogen-bond donors (Lipinski definition) is 1. The summed E-state index contributed by atoms with van der Waals surface area (Å²) in [6.45, 7) is 1.05. The molecule has 2 fully saturated rings. The van der Waals surface area contributed by atoms with Gasteiger partial charge in [-0.05, 0) is 55.6 Å². The van der Waals surface area contributed by atoms with Gasteiger partial charge < -0.3 is 5.32 Å².